The van der Waals surface area contributed by atoms with E-state index in [2.05, 4.69) is 29.5 Å². The van der Waals surface area contributed by atoms with Crippen molar-refractivity contribution in [3.05, 3.63) is 70.0 Å². The molecule has 27 heavy (non-hydrogen) atoms. The van der Waals surface area contributed by atoms with Gasteiger partial charge in [-0.2, -0.15) is 0 Å². The molecule has 1 heterocycles. The molecule has 1 aromatic heterocycles. The summed E-state index contributed by atoms with van der Waals surface area (Å²) in [4.78, 5) is 17.8. The molecule has 0 saturated carbocycles. The van der Waals surface area contributed by atoms with Gasteiger partial charge in [0, 0.05) is 11.4 Å². The molecule has 0 unspecified atom stereocenters. The first kappa shape index (κ1) is 19.0. The molecule has 0 spiro atoms. The number of hydrogen-bond donors (Lipinski definition) is 2. The molecule has 0 aliphatic heterocycles. The summed E-state index contributed by atoms with van der Waals surface area (Å²) in [6.45, 7) is 8.01. The van der Waals surface area contributed by atoms with Gasteiger partial charge in [0.15, 0.2) is 5.13 Å². The summed E-state index contributed by atoms with van der Waals surface area (Å²) in [5.41, 5.74) is 4.37. The third-order valence-electron chi connectivity index (χ3n) is 4.26. The maximum Gasteiger partial charge on any atom is 0.267 e. The lowest BCUT2D eigenvalue weighted by atomic mass is 9.98. The Morgan fingerprint density at radius 1 is 1.11 bits per heavy atom. The van der Waals surface area contributed by atoms with Crippen molar-refractivity contribution >= 4 is 33.8 Å². The van der Waals surface area contributed by atoms with Gasteiger partial charge in [0.05, 0.1) is 5.69 Å². The molecule has 0 aliphatic carbocycles. The fraction of sp³-hybridized carbons (Fsp3) is 0.238. The van der Waals surface area contributed by atoms with Crippen molar-refractivity contribution in [1.82, 2.24) is 4.98 Å². The lowest BCUT2D eigenvalue weighted by Gasteiger charge is -2.16. The Kier molecular flexibility index (Phi) is 5.56. The molecule has 3 aromatic rings. The van der Waals surface area contributed by atoms with E-state index in [4.69, 9.17) is 0 Å². The summed E-state index contributed by atoms with van der Waals surface area (Å²) in [6.07, 6.45) is 0. The van der Waals surface area contributed by atoms with E-state index in [1.807, 2.05) is 32.0 Å². The van der Waals surface area contributed by atoms with Gasteiger partial charge in [0.2, 0.25) is 0 Å². The number of aryl methyl sites for hydroxylation is 2. The van der Waals surface area contributed by atoms with Crippen molar-refractivity contribution in [1.29, 1.82) is 0 Å². The summed E-state index contributed by atoms with van der Waals surface area (Å²) in [7, 11) is 0. The molecule has 0 aliphatic rings. The maximum absolute atomic E-state index is 13.0. The minimum absolute atomic E-state index is 0.173. The van der Waals surface area contributed by atoms with Crippen LogP contribution in [0, 0.1) is 19.7 Å². The van der Waals surface area contributed by atoms with Crippen LogP contribution in [-0.2, 0) is 0 Å². The number of aromatic nitrogens is 1. The smallest absolute Gasteiger partial charge is 0.267 e. The highest BCUT2D eigenvalue weighted by Crippen LogP contribution is 2.30. The van der Waals surface area contributed by atoms with Gasteiger partial charge >= 0.3 is 0 Å². The zero-order valence-electron chi connectivity index (χ0n) is 15.8. The standard InChI is InChI=1S/C21H22FN3OS/c1-12(2)17-7-5-6-13(3)18(17)25-20(26)19-14(4)23-21(27-19)24-16-10-8-15(22)9-11-16/h5-12H,1-4H3,(H,23,24)(H,25,26). The zero-order valence-corrected chi connectivity index (χ0v) is 16.6. The third kappa shape index (κ3) is 4.34. The number of carbonyl (C=O) groups is 1. The normalized spacial score (nSPS) is 10.9. The van der Waals surface area contributed by atoms with Crippen LogP contribution in [0.25, 0.3) is 0 Å². The number of nitrogens with zero attached hydrogens (tertiary/aromatic N) is 1. The maximum atomic E-state index is 13.0. The number of nitrogens with one attached hydrogen (secondary N) is 2. The van der Waals surface area contributed by atoms with E-state index in [0.29, 0.717) is 21.6 Å². The topological polar surface area (TPSA) is 54.0 Å². The van der Waals surface area contributed by atoms with Crippen LogP contribution in [0.1, 0.15) is 46.3 Å². The van der Waals surface area contributed by atoms with Crippen molar-refractivity contribution in [2.75, 3.05) is 10.6 Å². The van der Waals surface area contributed by atoms with Crippen LogP contribution < -0.4 is 10.6 Å². The molecule has 4 nitrogen and oxygen atoms in total. The fourth-order valence-electron chi connectivity index (χ4n) is 2.83. The van der Waals surface area contributed by atoms with Crippen molar-refractivity contribution in [3.8, 4) is 0 Å². The molecule has 6 heteroatoms. The molecule has 1 amide bonds. The van der Waals surface area contributed by atoms with Crippen LogP contribution >= 0.6 is 11.3 Å². The molecule has 0 bridgehead atoms. The monoisotopic (exact) mass is 383 g/mol. The van der Waals surface area contributed by atoms with Crippen LogP contribution in [0.15, 0.2) is 42.5 Å². The molecular weight excluding hydrogens is 361 g/mol. The molecule has 3 rings (SSSR count). The van der Waals surface area contributed by atoms with Gasteiger partial charge in [-0.25, -0.2) is 9.37 Å². The van der Waals surface area contributed by atoms with Crippen molar-refractivity contribution < 1.29 is 9.18 Å². The van der Waals surface area contributed by atoms with E-state index >= 15 is 0 Å². The molecule has 0 radical (unpaired) electrons. The second kappa shape index (κ2) is 7.88. The summed E-state index contributed by atoms with van der Waals surface area (Å²) >= 11 is 1.28. The number of amides is 1. The predicted molar refractivity (Wildman–Crippen MR) is 110 cm³/mol. The van der Waals surface area contributed by atoms with Gasteiger partial charge in [-0.3, -0.25) is 4.79 Å². The molecule has 2 aromatic carbocycles. The Hall–Kier alpha value is -2.73. The first-order valence-electron chi connectivity index (χ1n) is 8.76. The van der Waals surface area contributed by atoms with Crippen LogP contribution in [0.2, 0.25) is 0 Å². The number of rotatable bonds is 5. The van der Waals surface area contributed by atoms with Crippen LogP contribution in [0.4, 0.5) is 20.9 Å². The summed E-state index contributed by atoms with van der Waals surface area (Å²) in [6, 6.07) is 12.0. The Balaban J connectivity index is 1.82. The summed E-state index contributed by atoms with van der Waals surface area (Å²) in [5.74, 6) is -0.165. The lowest BCUT2D eigenvalue weighted by Crippen LogP contribution is -2.14. The molecule has 0 saturated heterocycles. The third-order valence-corrected chi connectivity index (χ3v) is 5.34. The number of thiazole rings is 1. The SMILES string of the molecule is Cc1cccc(C(C)C)c1NC(=O)c1sc(Nc2ccc(F)cc2)nc1C. The average molecular weight is 383 g/mol. The first-order valence-corrected chi connectivity index (χ1v) is 9.57. The van der Waals surface area contributed by atoms with E-state index in [0.717, 1.165) is 22.5 Å². The van der Waals surface area contributed by atoms with E-state index in [1.54, 1.807) is 12.1 Å². The Labute approximate surface area is 162 Å². The molecular formula is C21H22FN3OS. The highest BCUT2D eigenvalue weighted by molar-refractivity contribution is 7.17. The molecule has 2 N–H and O–H groups in total. The zero-order chi connectivity index (χ0) is 19.6. The number of halogens is 1. The van der Waals surface area contributed by atoms with Gasteiger partial charge in [-0.05, 0) is 55.2 Å². The Morgan fingerprint density at radius 2 is 1.81 bits per heavy atom. The minimum Gasteiger partial charge on any atom is -0.332 e. The second-order valence-corrected chi connectivity index (χ2v) is 7.71. The van der Waals surface area contributed by atoms with Crippen molar-refractivity contribution in [2.45, 2.75) is 33.6 Å². The summed E-state index contributed by atoms with van der Waals surface area (Å²) < 4.78 is 13.0. The van der Waals surface area contributed by atoms with Crippen LogP contribution in [0.3, 0.4) is 0 Å². The van der Waals surface area contributed by atoms with Gasteiger partial charge in [-0.1, -0.05) is 43.4 Å². The summed E-state index contributed by atoms with van der Waals surface area (Å²) in [5, 5.41) is 6.76. The van der Waals surface area contributed by atoms with E-state index < -0.39 is 0 Å². The second-order valence-electron chi connectivity index (χ2n) is 6.71. The number of anilines is 3. The van der Waals surface area contributed by atoms with Gasteiger partial charge in [-0.15, -0.1) is 0 Å². The fourth-order valence-corrected chi connectivity index (χ4v) is 3.71. The number of para-hydroxylation sites is 1. The van der Waals surface area contributed by atoms with Gasteiger partial charge in [0.25, 0.3) is 5.91 Å². The van der Waals surface area contributed by atoms with Gasteiger partial charge < -0.3 is 10.6 Å². The van der Waals surface area contributed by atoms with Gasteiger partial charge in [0.1, 0.15) is 10.7 Å². The number of benzene rings is 2. The lowest BCUT2D eigenvalue weighted by molar-refractivity contribution is 0.102. The largest absolute Gasteiger partial charge is 0.332 e. The Morgan fingerprint density at radius 3 is 2.48 bits per heavy atom. The average Bonchev–Trinajstić information content (AvgIpc) is 2.99. The minimum atomic E-state index is -0.296. The molecule has 140 valence electrons. The highest BCUT2D eigenvalue weighted by atomic mass is 32.1. The first-order chi connectivity index (χ1) is 12.8. The van der Waals surface area contributed by atoms with Crippen LogP contribution in [0.5, 0.6) is 0 Å². The predicted octanol–water partition coefficient (Wildman–Crippen LogP) is 6.02. The highest BCUT2D eigenvalue weighted by Gasteiger charge is 2.18. The van der Waals surface area contributed by atoms with E-state index in [9.17, 15) is 9.18 Å². The number of carbonyl (C=O) groups excluding carboxylic acids is 1. The quantitative estimate of drug-likeness (QED) is 0.566. The Bertz CT molecular complexity index is 964. The number of hydrogen-bond acceptors (Lipinski definition) is 4. The van der Waals surface area contributed by atoms with Crippen molar-refractivity contribution in [2.24, 2.45) is 0 Å². The van der Waals surface area contributed by atoms with Crippen LogP contribution in [-0.4, -0.2) is 10.9 Å². The molecule has 0 atom stereocenters. The molecule has 0 fully saturated rings. The van der Waals surface area contributed by atoms with Crippen molar-refractivity contribution in [3.63, 3.8) is 0 Å². The van der Waals surface area contributed by atoms with E-state index in [-0.39, 0.29) is 11.7 Å². The van der Waals surface area contributed by atoms with E-state index in [1.165, 1.54) is 23.5 Å².